The lowest BCUT2D eigenvalue weighted by molar-refractivity contribution is -0.116. The number of hydrogen-bond acceptors (Lipinski definition) is 6. The summed E-state index contributed by atoms with van der Waals surface area (Å²) < 4.78 is 10.8. The number of carbonyl (C=O) groups excluding carboxylic acids is 3. The van der Waals surface area contributed by atoms with Crippen molar-refractivity contribution in [2.75, 3.05) is 24.9 Å². The summed E-state index contributed by atoms with van der Waals surface area (Å²) in [6, 6.07) is 38.3. The molecule has 0 aliphatic rings. The summed E-state index contributed by atoms with van der Waals surface area (Å²) >= 11 is 1.37. The van der Waals surface area contributed by atoms with Crippen molar-refractivity contribution in [3.63, 3.8) is 0 Å². The van der Waals surface area contributed by atoms with E-state index in [1.807, 2.05) is 72.8 Å². The molecule has 0 aliphatic heterocycles. The molecule has 10 heteroatoms. The zero-order valence-electron chi connectivity index (χ0n) is 27.3. The van der Waals surface area contributed by atoms with Crippen molar-refractivity contribution in [3.8, 4) is 11.5 Å². The smallest absolute Gasteiger partial charge is 0.272 e. The van der Waals surface area contributed by atoms with Gasteiger partial charge in [0.1, 0.15) is 22.4 Å². The van der Waals surface area contributed by atoms with Crippen LogP contribution in [0.15, 0.2) is 144 Å². The van der Waals surface area contributed by atoms with Crippen molar-refractivity contribution in [1.29, 1.82) is 0 Å². The number of nitrogens with one attached hydrogen (secondary N) is 4. The van der Waals surface area contributed by atoms with Crippen LogP contribution in [-0.4, -0.2) is 36.9 Å². The summed E-state index contributed by atoms with van der Waals surface area (Å²) in [5.74, 6) is -0.0497. The number of aromatic nitrogens is 1. The van der Waals surface area contributed by atoms with Crippen LogP contribution in [0.5, 0.6) is 11.5 Å². The Morgan fingerprint density at radius 3 is 2.18 bits per heavy atom. The number of hydrogen-bond donors (Lipinski definition) is 4. The van der Waals surface area contributed by atoms with Gasteiger partial charge in [-0.05, 0) is 66.2 Å². The number of para-hydroxylation sites is 1. The molecule has 1 heterocycles. The minimum Gasteiger partial charge on any atom is -0.497 e. The summed E-state index contributed by atoms with van der Waals surface area (Å²) in [7, 11) is 3.10. The Morgan fingerprint density at radius 1 is 0.760 bits per heavy atom. The third kappa shape index (κ3) is 8.05. The molecular formula is C40H34N4O5S. The average molecular weight is 683 g/mol. The van der Waals surface area contributed by atoms with E-state index in [4.69, 9.17) is 9.47 Å². The van der Waals surface area contributed by atoms with Gasteiger partial charge in [0.05, 0.1) is 19.9 Å². The highest BCUT2D eigenvalue weighted by Gasteiger charge is 2.24. The van der Waals surface area contributed by atoms with E-state index in [0.29, 0.717) is 28.4 Å². The van der Waals surface area contributed by atoms with Gasteiger partial charge in [-0.2, -0.15) is 0 Å². The summed E-state index contributed by atoms with van der Waals surface area (Å²) in [6.07, 6.45) is 3.45. The molecule has 0 unspecified atom stereocenters. The third-order valence-corrected chi connectivity index (χ3v) is 9.09. The lowest BCUT2D eigenvalue weighted by atomic mass is 10.1. The van der Waals surface area contributed by atoms with Crippen LogP contribution in [0.1, 0.15) is 26.7 Å². The van der Waals surface area contributed by atoms with Gasteiger partial charge >= 0.3 is 0 Å². The van der Waals surface area contributed by atoms with Crippen LogP contribution in [0, 0.1) is 0 Å². The van der Waals surface area contributed by atoms with Gasteiger partial charge in [-0.15, -0.1) is 11.8 Å². The highest BCUT2D eigenvalue weighted by molar-refractivity contribution is 8.00. The molecule has 6 aromatic rings. The second-order valence-electron chi connectivity index (χ2n) is 11.1. The molecule has 0 fully saturated rings. The molecule has 0 saturated heterocycles. The number of methoxy groups -OCH3 is 2. The average Bonchev–Trinajstić information content (AvgIpc) is 3.57. The SMILES string of the molecule is COc1ccc(OC)c(NC(=O)[C@H](Sc2ccc(NC(=O)/C(=C/c3c[nH]c4ccccc34)NC(=O)c3ccccc3)cc2)c2ccccc2)c1. The van der Waals surface area contributed by atoms with E-state index in [-0.39, 0.29) is 11.6 Å². The lowest BCUT2D eigenvalue weighted by Gasteiger charge is -2.19. The number of benzene rings is 5. The standard InChI is InChI=1S/C40H34N4O5S/c1-48-30-19-22-36(49-2)34(24-30)43-40(47)37(26-11-5-3-6-12-26)50-31-20-17-29(18-21-31)42-39(46)35(44-38(45)27-13-7-4-8-14-27)23-28-25-41-33-16-10-9-15-32(28)33/h3-25,37,41H,1-2H3,(H,42,46)(H,43,47)(H,44,45)/b35-23-/t37-/m1/s1. The fraction of sp³-hybridized carbons (Fsp3) is 0.0750. The Hall–Kier alpha value is -6.26. The second kappa shape index (κ2) is 15.8. The topological polar surface area (TPSA) is 122 Å². The van der Waals surface area contributed by atoms with Crippen LogP contribution in [0.25, 0.3) is 17.0 Å². The van der Waals surface area contributed by atoms with E-state index in [1.54, 1.807) is 81.1 Å². The monoisotopic (exact) mass is 682 g/mol. The van der Waals surface area contributed by atoms with Gasteiger partial charge in [-0.25, -0.2) is 0 Å². The molecule has 250 valence electrons. The Balaban J connectivity index is 1.22. The Bertz CT molecular complexity index is 2150. The molecular weight excluding hydrogens is 649 g/mol. The van der Waals surface area contributed by atoms with Crippen molar-refractivity contribution in [2.24, 2.45) is 0 Å². The summed E-state index contributed by atoms with van der Waals surface area (Å²) in [5, 5.41) is 9.00. The number of carbonyl (C=O) groups is 3. The van der Waals surface area contributed by atoms with Gasteiger partial charge in [0.15, 0.2) is 0 Å². The summed E-state index contributed by atoms with van der Waals surface area (Å²) in [6.45, 7) is 0. The maximum Gasteiger partial charge on any atom is 0.272 e. The molecule has 0 aliphatic carbocycles. The van der Waals surface area contributed by atoms with E-state index in [9.17, 15) is 14.4 Å². The molecule has 1 atom stereocenters. The van der Waals surface area contributed by atoms with Crippen LogP contribution in [-0.2, 0) is 9.59 Å². The molecule has 0 bridgehead atoms. The van der Waals surface area contributed by atoms with Crippen molar-refractivity contribution in [1.82, 2.24) is 10.3 Å². The van der Waals surface area contributed by atoms with Crippen LogP contribution < -0.4 is 25.4 Å². The number of amides is 3. The number of anilines is 2. The van der Waals surface area contributed by atoms with Crippen LogP contribution in [0.3, 0.4) is 0 Å². The largest absolute Gasteiger partial charge is 0.497 e. The lowest BCUT2D eigenvalue weighted by Crippen LogP contribution is -2.30. The highest BCUT2D eigenvalue weighted by atomic mass is 32.2. The molecule has 0 spiro atoms. The molecule has 4 N–H and O–H groups in total. The Morgan fingerprint density at radius 2 is 1.46 bits per heavy atom. The molecule has 6 rings (SSSR count). The number of thioether (sulfide) groups is 1. The fourth-order valence-electron chi connectivity index (χ4n) is 5.27. The first-order valence-electron chi connectivity index (χ1n) is 15.7. The molecule has 5 aromatic carbocycles. The van der Waals surface area contributed by atoms with Crippen molar-refractivity contribution < 1.29 is 23.9 Å². The van der Waals surface area contributed by atoms with Gasteiger partial charge < -0.3 is 30.4 Å². The van der Waals surface area contributed by atoms with Gasteiger partial charge in [-0.3, -0.25) is 14.4 Å². The number of fused-ring (bicyclic) bond motifs is 1. The van der Waals surface area contributed by atoms with Gasteiger partial charge in [0, 0.05) is 44.9 Å². The normalized spacial score (nSPS) is 11.8. The quantitative estimate of drug-likeness (QED) is 0.0766. The summed E-state index contributed by atoms with van der Waals surface area (Å²) in [4.78, 5) is 44.5. The fourth-order valence-corrected chi connectivity index (χ4v) is 6.30. The van der Waals surface area contributed by atoms with Gasteiger partial charge in [0.25, 0.3) is 11.8 Å². The van der Waals surface area contributed by atoms with Crippen LogP contribution in [0.4, 0.5) is 11.4 Å². The van der Waals surface area contributed by atoms with Crippen molar-refractivity contribution in [2.45, 2.75) is 10.1 Å². The van der Waals surface area contributed by atoms with E-state index in [1.165, 1.54) is 11.8 Å². The first-order chi connectivity index (χ1) is 24.4. The highest BCUT2D eigenvalue weighted by Crippen LogP contribution is 2.38. The van der Waals surface area contributed by atoms with E-state index in [0.717, 1.165) is 26.9 Å². The molecule has 3 amide bonds. The predicted molar refractivity (Wildman–Crippen MR) is 198 cm³/mol. The Kier molecular flexibility index (Phi) is 10.6. The van der Waals surface area contributed by atoms with E-state index in [2.05, 4.69) is 20.9 Å². The van der Waals surface area contributed by atoms with Gasteiger partial charge in [0.2, 0.25) is 5.91 Å². The van der Waals surface area contributed by atoms with Crippen LogP contribution >= 0.6 is 11.8 Å². The van der Waals surface area contributed by atoms with Crippen molar-refractivity contribution >= 4 is 57.8 Å². The predicted octanol–water partition coefficient (Wildman–Crippen LogP) is 8.07. The molecule has 1 aromatic heterocycles. The van der Waals surface area contributed by atoms with Crippen LogP contribution in [0.2, 0.25) is 0 Å². The zero-order chi connectivity index (χ0) is 34.9. The van der Waals surface area contributed by atoms with E-state index < -0.39 is 17.1 Å². The third-order valence-electron chi connectivity index (χ3n) is 7.82. The summed E-state index contributed by atoms with van der Waals surface area (Å²) in [5.41, 5.74) is 3.99. The number of H-pyrrole nitrogens is 1. The van der Waals surface area contributed by atoms with E-state index >= 15 is 0 Å². The molecule has 9 nitrogen and oxygen atoms in total. The zero-order valence-corrected chi connectivity index (χ0v) is 28.1. The maximum absolute atomic E-state index is 13.7. The maximum atomic E-state index is 13.7. The number of aromatic amines is 1. The second-order valence-corrected chi connectivity index (χ2v) is 12.3. The molecule has 0 saturated carbocycles. The Labute approximate surface area is 293 Å². The van der Waals surface area contributed by atoms with Crippen molar-refractivity contribution in [3.05, 3.63) is 156 Å². The number of ether oxygens (including phenoxy) is 2. The van der Waals surface area contributed by atoms with Gasteiger partial charge in [-0.1, -0.05) is 66.7 Å². The minimum atomic E-state index is -0.605. The number of rotatable bonds is 12. The molecule has 50 heavy (non-hydrogen) atoms. The molecule has 0 radical (unpaired) electrons. The first kappa shape index (κ1) is 33.6. The minimum absolute atomic E-state index is 0.0795. The first-order valence-corrected chi connectivity index (χ1v) is 16.6.